The van der Waals surface area contributed by atoms with Gasteiger partial charge in [-0.1, -0.05) is 30.3 Å². The molecule has 7 nitrogen and oxygen atoms in total. The van der Waals surface area contributed by atoms with Gasteiger partial charge in [-0.2, -0.15) is 4.31 Å². The SMILES string of the molecule is O=S(=O)(c1cccnc1)N1CCN(c2ncnc(-c3ccccc3)c2F)CC1. The molecule has 1 fully saturated rings. The molecule has 4 rings (SSSR count). The molecule has 2 aromatic heterocycles. The predicted molar refractivity (Wildman–Crippen MR) is 103 cm³/mol. The first-order chi connectivity index (χ1) is 13.6. The Balaban J connectivity index is 1.53. The number of benzene rings is 1. The fourth-order valence-electron chi connectivity index (χ4n) is 3.17. The van der Waals surface area contributed by atoms with E-state index in [9.17, 15) is 8.42 Å². The van der Waals surface area contributed by atoms with E-state index in [0.717, 1.165) is 0 Å². The van der Waals surface area contributed by atoms with Crippen molar-refractivity contribution in [2.75, 3.05) is 31.1 Å². The van der Waals surface area contributed by atoms with Crippen molar-refractivity contribution in [1.82, 2.24) is 19.3 Å². The van der Waals surface area contributed by atoms with Crippen LogP contribution in [-0.2, 0) is 10.0 Å². The summed E-state index contributed by atoms with van der Waals surface area (Å²) in [5.74, 6) is -0.315. The van der Waals surface area contributed by atoms with Gasteiger partial charge in [0.1, 0.15) is 16.9 Å². The lowest BCUT2D eigenvalue weighted by Gasteiger charge is -2.34. The van der Waals surface area contributed by atoms with Crippen LogP contribution in [0.5, 0.6) is 0 Å². The number of halogens is 1. The van der Waals surface area contributed by atoms with Gasteiger partial charge in [-0.25, -0.2) is 22.8 Å². The quantitative estimate of drug-likeness (QED) is 0.669. The van der Waals surface area contributed by atoms with Gasteiger partial charge in [-0.05, 0) is 12.1 Å². The molecule has 3 aromatic rings. The normalized spacial score (nSPS) is 15.5. The third kappa shape index (κ3) is 3.46. The molecule has 9 heteroatoms. The number of rotatable bonds is 4. The minimum Gasteiger partial charge on any atom is -0.351 e. The molecule has 0 atom stereocenters. The highest BCUT2D eigenvalue weighted by Gasteiger charge is 2.30. The fourth-order valence-corrected chi connectivity index (χ4v) is 4.55. The minimum atomic E-state index is -3.61. The maximum Gasteiger partial charge on any atom is 0.244 e. The number of aromatic nitrogens is 3. The molecule has 28 heavy (non-hydrogen) atoms. The van der Waals surface area contributed by atoms with Crippen molar-refractivity contribution in [3.05, 3.63) is 67.0 Å². The topological polar surface area (TPSA) is 79.3 Å². The summed E-state index contributed by atoms with van der Waals surface area (Å²) in [7, 11) is -3.61. The Labute approximate surface area is 162 Å². The van der Waals surface area contributed by atoms with Crippen LogP contribution < -0.4 is 4.90 Å². The van der Waals surface area contributed by atoms with Gasteiger partial charge in [-0.15, -0.1) is 0 Å². The smallest absolute Gasteiger partial charge is 0.244 e. The van der Waals surface area contributed by atoms with Crippen molar-refractivity contribution in [3.63, 3.8) is 0 Å². The highest BCUT2D eigenvalue weighted by atomic mass is 32.2. The van der Waals surface area contributed by atoms with Gasteiger partial charge in [0.05, 0.1) is 0 Å². The number of sulfonamides is 1. The Bertz CT molecular complexity index is 1060. The van der Waals surface area contributed by atoms with Crippen LogP contribution in [0.2, 0.25) is 0 Å². The lowest BCUT2D eigenvalue weighted by Crippen LogP contribution is -2.49. The third-order valence-corrected chi connectivity index (χ3v) is 6.51. The van der Waals surface area contributed by atoms with Crippen LogP contribution in [0.15, 0.2) is 66.1 Å². The summed E-state index contributed by atoms with van der Waals surface area (Å²) >= 11 is 0. The average molecular weight is 399 g/mol. The van der Waals surface area contributed by atoms with E-state index in [0.29, 0.717) is 18.7 Å². The number of piperazine rings is 1. The second kappa shape index (κ2) is 7.61. The Morgan fingerprint density at radius 3 is 2.36 bits per heavy atom. The van der Waals surface area contributed by atoms with Gasteiger partial charge < -0.3 is 4.90 Å². The van der Waals surface area contributed by atoms with Gasteiger partial charge in [0, 0.05) is 44.1 Å². The second-order valence-electron chi connectivity index (χ2n) is 6.31. The Kier molecular flexibility index (Phi) is 5.01. The summed E-state index contributed by atoms with van der Waals surface area (Å²) in [6.45, 7) is 1.14. The van der Waals surface area contributed by atoms with E-state index in [1.807, 2.05) is 18.2 Å². The summed E-state index contributed by atoms with van der Waals surface area (Å²) in [5, 5.41) is 0. The average Bonchev–Trinajstić information content (AvgIpc) is 2.75. The molecule has 3 heterocycles. The van der Waals surface area contributed by atoms with Crippen LogP contribution in [0, 0.1) is 5.82 Å². The van der Waals surface area contributed by atoms with Crippen molar-refractivity contribution in [1.29, 1.82) is 0 Å². The van der Waals surface area contributed by atoms with E-state index < -0.39 is 15.8 Å². The molecule has 0 radical (unpaired) electrons. The molecule has 0 spiro atoms. The molecule has 0 aliphatic carbocycles. The lowest BCUT2D eigenvalue weighted by molar-refractivity contribution is 0.381. The number of hydrogen-bond acceptors (Lipinski definition) is 6. The van der Waals surface area contributed by atoms with Crippen LogP contribution in [-0.4, -0.2) is 53.9 Å². The van der Waals surface area contributed by atoms with Gasteiger partial charge in [0.15, 0.2) is 11.6 Å². The van der Waals surface area contributed by atoms with Crippen molar-refractivity contribution in [2.24, 2.45) is 0 Å². The second-order valence-corrected chi connectivity index (χ2v) is 8.24. The molecular formula is C19H18FN5O2S. The molecule has 1 aliphatic heterocycles. The zero-order chi connectivity index (χ0) is 19.6. The van der Waals surface area contributed by atoms with Gasteiger partial charge in [0.2, 0.25) is 10.0 Å². The summed E-state index contributed by atoms with van der Waals surface area (Å²) in [6, 6.07) is 12.2. The standard InChI is InChI=1S/C19H18FN5O2S/c20-17-18(15-5-2-1-3-6-15)22-14-23-19(17)24-9-11-25(12-10-24)28(26,27)16-7-4-8-21-13-16/h1-8,13-14H,9-12H2. The van der Waals surface area contributed by atoms with E-state index >= 15 is 4.39 Å². The Morgan fingerprint density at radius 2 is 1.68 bits per heavy atom. The van der Waals surface area contributed by atoms with Crippen LogP contribution in [0.4, 0.5) is 10.2 Å². The van der Waals surface area contributed by atoms with Gasteiger partial charge >= 0.3 is 0 Å². The number of anilines is 1. The number of pyridine rings is 1. The largest absolute Gasteiger partial charge is 0.351 e. The highest BCUT2D eigenvalue weighted by Crippen LogP contribution is 2.27. The van der Waals surface area contributed by atoms with E-state index in [-0.39, 0.29) is 29.5 Å². The van der Waals surface area contributed by atoms with Crippen molar-refractivity contribution in [3.8, 4) is 11.3 Å². The summed E-state index contributed by atoms with van der Waals surface area (Å²) in [6.07, 6.45) is 4.19. The van der Waals surface area contributed by atoms with Crippen LogP contribution >= 0.6 is 0 Å². The molecule has 1 aromatic carbocycles. The molecule has 1 saturated heterocycles. The molecule has 144 valence electrons. The predicted octanol–water partition coefficient (Wildman–Crippen LogP) is 2.19. The van der Waals surface area contributed by atoms with E-state index in [1.54, 1.807) is 23.1 Å². The third-order valence-electron chi connectivity index (χ3n) is 4.63. The minimum absolute atomic E-state index is 0.156. The first-order valence-corrected chi connectivity index (χ1v) is 10.2. The van der Waals surface area contributed by atoms with E-state index in [1.165, 1.54) is 29.1 Å². The summed E-state index contributed by atoms with van der Waals surface area (Å²) < 4.78 is 41.8. The fraction of sp³-hybridized carbons (Fsp3) is 0.211. The van der Waals surface area contributed by atoms with E-state index in [4.69, 9.17) is 0 Å². The molecule has 0 bridgehead atoms. The van der Waals surface area contributed by atoms with E-state index in [2.05, 4.69) is 15.0 Å². The maximum atomic E-state index is 15.0. The Hall–Kier alpha value is -2.91. The Morgan fingerprint density at radius 1 is 0.929 bits per heavy atom. The summed E-state index contributed by atoms with van der Waals surface area (Å²) in [4.78, 5) is 13.9. The van der Waals surface area contributed by atoms with Crippen LogP contribution in [0.1, 0.15) is 0 Å². The van der Waals surface area contributed by atoms with Crippen molar-refractivity contribution in [2.45, 2.75) is 4.90 Å². The monoisotopic (exact) mass is 399 g/mol. The zero-order valence-electron chi connectivity index (χ0n) is 14.9. The van der Waals surface area contributed by atoms with Crippen LogP contribution in [0.25, 0.3) is 11.3 Å². The van der Waals surface area contributed by atoms with Crippen molar-refractivity contribution < 1.29 is 12.8 Å². The molecule has 1 aliphatic rings. The maximum absolute atomic E-state index is 15.0. The first kappa shape index (κ1) is 18.5. The molecule has 0 N–H and O–H groups in total. The van der Waals surface area contributed by atoms with Crippen molar-refractivity contribution >= 4 is 15.8 Å². The first-order valence-electron chi connectivity index (χ1n) is 8.78. The molecule has 0 saturated carbocycles. The highest BCUT2D eigenvalue weighted by molar-refractivity contribution is 7.89. The molecular weight excluding hydrogens is 381 g/mol. The van der Waals surface area contributed by atoms with Gasteiger partial charge in [-0.3, -0.25) is 4.98 Å². The zero-order valence-corrected chi connectivity index (χ0v) is 15.8. The lowest BCUT2D eigenvalue weighted by atomic mass is 10.1. The van der Waals surface area contributed by atoms with Crippen LogP contribution in [0.3, 0.4) is 0 Å². The molecule has 0 unspecified atom stereocenters. The number of nitrogens with zero attached hydrogens (tertiary/aromatic N) is 5. The summed E-state index contributed by atoms with van der Waals surface area (Å²) in [5.41, 5.74) is 0.900. The number of hydrogen-bond donors (Lipinski definition) is 0. The molecule has 0 amide bonds. The van der Waals surface area contributed by atoms with Gasteiger partial charge in [0.25, 0.3) is 0 Å².